The number of nitrogens with zero attached hydrogens (tertiary/aromatic N) is 5. The third kappa shape index (κ3) is 5.00. The van der Waals surface area contributed by atoms with E-state index in [9.17, 15) is 0 Å². The molecule has 4 aromatic rings. The Balaban J connectivity index is 1.51. The smallest absolute Gasteiger partial charge is 0.160 e. The zero-order chi connectivity index (χ0) is 24.2. The fraction of sp³-hybridized carbons (Fsp3) is 0.179. The zero-order valence-electron chi connectivity index (χ0n) is 19.7. The first-order valence-electron chi connectivity index (χ1n) is 11.6. The molecule has 0 atom stereocenters. The van der Waals surface area contributed by atoms with Crippen molar-refractivity contribution in [3.05, 3.63) is 95.7 Å². The maximum absolute atomic E-state index is 8.34. The van der Waals surface area contributed by atoms with Crippen LogP contribution in [0.2, 0.25) is 0 Å². The molecule has 1 aliphatic rings. The maximum Gasteiger partial charge on any atom is 0.160 e. The van der Waals surface area contributed by atoms with Crippen LogP contribution in [0.3, 0.4) is 0 Å². The Labute approximate surface area is 204 Å². The van der Waals surface area contributed by atoms with Crippen LogP contribution in [-0.2, 0) is 4.74 Å². The van der Waals surface area contributed by atoms with Crippen molar-refractivity contribution >= 4 is 35.3 Å². The topological polar surface area (TPSA) is 78.8 Å². The second-order valence-corrected chi connectivity index (χ2v) is 8.43. The van der Waals surface area contributed by atoms with Crippen molar-refractivity contribution < 1.29 is 4.74 Å². The summed E-state index contributed by atoms with van der Waals surface area (Å²) in [5.74, 6) is 1.49. The van der Waals surface area contributed by atoms with Crippen molar-refractivity contribution in [2.45, 2.75) is 6.92 Å². The number of benzene rings is 2. The van der Waals surface area contributed by atoms with Crippen LogP contribution in [-0.4, -0.2) is 47.1 Å². The summed E-state index contributed by atoms with van der Waals surface area (Å²) in [5, 5.41) is 4.86. The van der Waals surface area contributed by atoms with Gasteiger partial charge in [-0.2, -0.15) is 9.61 Å². The lowest BCUT2D eigenvalue weighted by Crippen LogP contribution is -2.37. The molecule has 1 aliphatic heterocycles. The quantitative estimate of drug-likeness (QED) is 0.330. The molecule has 0 radical (unpaired) electrons. The van der Waals surface area contributed by atoms with Gasteiger partial charge in [-0.1, -0.05) is 72.8 Å². The summed E-state index contributed by atoms with van der Waals surface area (Å²) in [4.78, 5) is 11.5. The number of allylic oxidation sites excluding steroid dienone is 1. The van der Waals surface area contributed by atoms with Gasteiger partial charge in [0, 0.05) is 37.0 Å². The lowest BCUT2D eigenvalue weighted by atomic mass is 10.1. The Hall–Kier alpha value is -4.23. The number of fused-ring (bicyclic) bond motifs is 1. The first kappa shape index (κ1) is 22.6. The lowest BCUT2D eigenvalue weighted by molar-refractivity contribution is 0.122. The minimum atomic E-state index is 0.404. The summed E-state index contributed by atoms with van der Waals surface area (Å²) >= 11 is 0. The van der Waals surface area contributed by atoms with Crippen molar-refractivity contribution in [2.24, 2.45) is 4.99 Å². The lowest BCUT2D eigenvalue weighted by Gasteiger charge is -2.28. The van der Waals surface area contributed by atoms with E-state index in [2.05, 4.69) is 16.5 Å². The molecule has 0 saturated carbocycles. The minimum Gasteiger partial charge on any atom is -0.698 e. The Kier molecular flexibility index (Phi) is 6.41. The van der Waals surface area contributed by atoms with Gasteiger partial charge in [0.1, 0.15) is 5.82 Å². The van der Waals surface area contributed by atoms with E-state index in [-0.39, 0.29) is 0 Å². The molecule has 1 fully saturated rings. The van der Waals surface area contributed by atoms with Crippen LogP contribution in [0.5, 0.6) is 0 Å². The second kappa shape index (κ2) is 9.95. The summed E-state index contributed by atoms with van der Waals surface area (Å²) in [6.07, 6.45) is 5.15. The van der Waals surface area contributed by atoms with E-state index >= 15 is 0 Å². The molecule has 0 bridgehead atoms. The molecule has 7 nitrogen and oxygen atoms in total. The SMILES string of the molecule is C=Cc1ccc(-c2cc3nc(N=C/C=C(\[NH-])c4cccc(C)c4)cc(N4CCOCC4)n3n2)cc1. The number of anilines is 1. The van der Waals surface area contributed by atoms with Gasteiger partial charge in [-0.05, 0) is 18.1 Å². The summed E-state index contributed by atoms with van der Waals surface area (Å²) in [7, 11) is 0. The van der Waals surface area contributed by atoms with Gasteiger partial charge in [0.2, 0.25) is 0 Å². The van der Waals surface area contributed by atoms with E-state index in [1.807, 2.05) is 78.2 Å². The van der Waals surface area contributed by atoms with Crippen molar-refractivity contribution in [1.82, 2.24) is 14.6 Å². The number of nitrogens with one attached hydrogen (secondary N) is 1. The van der Waals surface area contributed by atoms with Crippen LogP contribution in [0.4, 0.5) is 11.6 Å². The van der Waals surface area contributed by atoms with E-state index in [1.165, 1.54) is 0 Å². The van der Waals surface area contributed by atoms with Gasteiger partial charge in [0.05, 0.1) is 18.9 Å². The molecular formula is C28H27N6O-. The number of aryl methyl sites for hydroxylation is 1. The maximum atomic E-state index is 8.34. The van der Waals surface area contributed by atoms with Gasteiger partial charge in [0.15, 0.2) is 11.5 Å². The van der Waals surface area contributed by atoms with E-state index < -0.39 is 0 Å². The third-order valence-electron chi connectivity index (χ3n) is 5.95. The van der Waals surface area contributed by atoms with Crippen molar-refractivity contribution in [3.63, 3.8) is 0 Å². The number of ether oxygens (including phenoxy) is 1. The van der Waals surface area contributed by atoms with Crippen LogP contribution in [0.25, 0.3) is 34.4 Å². The summed E-state index contributed by atoms with van der Waals surface area (Å²) < 4.78 is 7.42. The Bertz CT molecular complexity index is 1410. The standard InChI is InChI=1S/C28H27N6O/c1-3-21-7-9-22(10-8-21)25-18-27-31-26(19-28(34(27)32-25)33-13-15-35-16-14-33)30-12-11-24(29)23-6-4-5-20(2)17-23/h3-12,17-19,29H,1,13-16H2,2H3/q-1/b24-11-,30-12?. The largest absolute Gasteiger partial charge is 0.698 e. The Morgan fingerprint density at radius 3 is 2.63 bits per heavy atom. The molecule has 3 heterocycles. The van der Waals surface area contributed by atoms with Crippen LogP contribution >= 0.6 is 0 Å². The Morgan fingerprint density at radius 1 is 1.09 bits per heavy atom. The van der Waals surface area contributed by atoms with Gasteiger partial charge >= 0.3 is 0 Å². The van der Waals surface area contributed by atoms with E-state index in [0.717, 1.165) is 52.5 Å². The second-order valence-electron chi connectivity index (χ2n) is 8.43. The molecule has 1 N–H and O–H groups in total. The summed E-state index contributed by atoms with van der Waals surface area (Å²) in [6, 6.07) is 19.9. The molecule has 1 saturated heterocycles. The van der Waals surface area contributed by atoms with Crippen molar-refractivity contribution in [3.8, 4) is 11.3 Å². The number of hydrogen-bond donors (Lipinski definition) is 0. The Morgan fingerprint density at radius 2 is 1.89 bits per heavy atom. The predicted octanol–water partition coefficient (Wildman–Crippen LogP) is 5.98. The molecule has 35 heavy (non-hydrogen) atoms. The van der Waals surface area contributed by atoms with E-state index in [4.69, 9.17) is 20.6 Å². The van der Waals surface area contributed by atoms with Gasteiger partial charge in [-0.15, -0.1) is 5.70 Å². The number of aromatic nitrogens is 3. The number of rotatable bonds is 6. The van der Waals surface area contributed by atoms with Crippen molar-refractivity contribution in [1.29, 1.82) is 0 Å². The average molecular weight is 464 g/mol. The van der Waals surface area contributed by atoms with E-state index in [1.54, 1.807) is 12.3 Å². The van der Waals surface area contributed by atoms with Gasteiger partial charge in [-0.25, -0.2) is 9.98 Å². The molecule has 2 aromatic carbocycles. The number of hydrogen-bond acceptors (Lipinski definition) is 5. The third-order valence-corrected chi connectivity index (χ3v) is 5.95. The molecular weight excluding hydrogens is 436 g/mol. The van der Waals surface area contributed by atoms with Crippen LogP contribution in [0.1, 0.15) is 16.7 Å². The molecule has 7 heteroatoms. The molecule has 0 aliphatic carbocycles. The molecule has 2 aromatic heterocycles. The summed E-state index contributed by atoms with van der Waals surface area (Å²) in [5.41, 5.74) is 14.4. The average Bonchev–Trinajstić information content (AvgIpc) is 3.33. The molecule has 0 unspecified atom stereocenters. The first-order chi connectivity index (χ1) is 17.1. The van der Waals surface area contributed by atoms with Gasteiger partial charge < -0.3 is 15.4 Å². The summed E-state index contributed by atoms with van der Waals surface area (Å²) in [6.45, 7) is 8.72. The van der Waals surface area contributed by atoms with Gasteiger partial charge in [-0.3, -0.25) is 0 Å². The van der Waals surface area contributed by atoms with Crippen LogP contribution in [0.15, 0.2) is 78.3 Å². The normalized spacial score (nSPS) is 14.7. The van der Waals surface area contributed by atoms with Crippen molar-refractivity contribution in [2.75, 3.05) is 31.2 Å². The fourth-order valence-electron chi connectivity index (χ4n) is 4.06. The van der Waals surface area contributed by atoms with Crippen LogP contribution < -0.4 is 4.90 Å². The number of aliphatic imine (C=N–C) groups is 1. The van der Waals surface area contributed by atoms with Crippen LogP contribution in [0, 0.1) is 6.92 Å². The monoisotopic (exact) mass is 463 g/mol. The molecule has 5 rings (SSSR count). The van der Waals surface area contributed by atoms with E-state index in [0.29, 0.717) is 24.7 Å². The first-order valence-corrected chi connectivity index (χ1v) is 11.6. The zero-order valence-corrected chi connectivity index (χ0v) is 19.7. The highest BCUT2D eigenvalue weighted by Crippen LogP contribution is 2.27. The highest BCUT2D eigenvalue weighted by molar-refractivity contribution is 5.87. The highest BCUT2D eigenvalue weighted by Gasteiger charge is 2.18. The molecule has 0 spiro atoms. The number of morpholine rings is 1. The highest BCUT2D eigenvalue weighted by atomic mass is 16.5. The minimum absolute atomic E-state index is 0.404. The molecule has 176 valence electrons. The molecule has 0 amide bonds. The predicted molar refractivity (Wildman–Crippen MR) is 143 cm³/mol. The fourth-order valence-corrected chi connectivity index (χ4v) is 4.06. The van der Waals surface area contributed by atoms with Gasteiger partial charge in [0.25, 0.3) is 0 Å².